The fourth-order valence-corrected chi connectivity index (χ4v) is 2.22. The molecule has 0 heterocycles. The summed E-state index contributed by atoms with van der Waals surface area (Å²) in [6.07, 6.45) is 9.47. The molecule has 1 rings (SSSR count). The molecule has 0 unspecified atom stereocenters. The third-order valence-corrected chi connectivity index (χ3v) is 3.24. The van der Waals surface area contributed by atoms with Gasteiger partial charge in [0.25, 0.3) is 0 Å². The highest BCUT2D eigenvalue weighted by molar-refractivity contribution is 5.14. The number of rotatable bonds is 8. The Balaban J connectivity index is 2.42. The Morgan fingerprint density at radius 1 is 1.00 bits per heavy atom. The Morgan fingerprint density at radius 2 is 1.56 bits per heavy atom. The monoisotopic (exact) mass is 217 g/mol. The van der Waals surface area contributed by atoms with Crippen LogP contribution in [0.4, 0.5) is 0 Å². The zero-order chi connectivity index (χ0) is 11.6. The maximum absolute atomic E-state index is 3.09. The molecule has 0 saturated carbocycles. The van der Waals surface area contributed by atoms with E-state index in [1.54, 1.807) is 0 Å². The van der Waals surface area contributed by atoms with Crippen LogP contribution in [-0.4, -0.2) is 0 Å². The van der Waals surface area contributed by atoms with Gasteiger partial charge in [-0.3, -0.25) is 0 Å². The predicted octanol–water partition coefficient (Wildman–Crippen LogP) is 5.03. The van der Waals surface area contributed by atoms with Gasteiger partial charge >= 0.3 is 0 Å². The smallest absolute Gasteiger partial charge is 0.0184 e. The minimum absolute atomic E-state index is 0.891. The molecule has 0 aliphatic heterocycles. The molecule has 0 aromatic heterocycles. The summed E-state index contributed by atoms with van der Waals surface area (Å²) in [5.41, 5.74) is 1.48. The van der Waals surface area contributed by atoms with Gasteiger partial charge in [-0.25, -0.2) is 0 Å². The van der Waals surface area contributed by atoms with E-state index >= 15 is 0 Å². The summed E-state index contributed by atoms with van der Waals surface area (Å²) >= 11 is 0. The van der Waals surface area contributed by atoms with Gasteiger partial charge in [-0.05, 0) is 24.0 Å². The molecule has 0 aliphatic carbocycles. The van der Waals surface area contributed by atoms with E-state index in [1.807, 2.05) is 12.1 Å². The van der Waals surface area contributed by atoms with Crippen LogP contribution in [0, 0.1) is 12.0 Å². The zero-order valence-corrected chi connectivity index (χ0v) is 10.8. The Morgan fingerprint density at radius 3 is 2.06 bits per heavy atom. The van der Waals surface area contributed by atoms with E-state index < -0.39 is 0 Å². The average Bonchev–Trinajstić information content (AvgIpc) is 2.34. The van der Waals surface area contributed by atoms with Gasteiger partial charge in [-0.15, -0.1) is 0 Å². The highest BCUT2D eigenvalue weighted by Crippen LogP contribution is 2.20. The second kappa shape index (κ2) is 8.38. The van der Waals surface area contributed by atoms with Crippen LogP contribution < -0.4 is 0 Å². The molecule has 1 aromatic rings. The predicted molar refractivity (Wildman–Crippen MR) is 71.5 cm³/mol. The third kappa shape index (κ3) is 5.34. The number of unbranched alkanes of at least 4 members (excludes halogenated alkanes) is 2. The van der Waals surface area contributed by atoms with E-state index in [4.69, 9.17) is 0 Å². The molecule has 1 aromatic carbocycles. The molecular weight excluding hydrogens is 192 g/mol. The van der Waals surface area contributed by atoms with E-state index in [2.05, 4.69) is 32.0 Å². The lowest BCUT2D eigenvalue weighted by Crippen LogP contribution is -2.04. The minimum Gasteiger partial charge on any atom is -0.0654 e. The first-order valence-electron chi connectivity index (χ1n) is 6.81. The van der Waals surface area contributed by atoms with Crippen molar-refractivity contribution in [1.29, 1.82) is 0 Å². The van der Waals surface area contributed by atoms with Crippen LogP contribution in [0.25, 0.3) is 0 Å². The average molecular weight is 217 g/mol. The fraction of sp³-hybridized carbons (Fsp3) is 0.625. The second-order valence-corrected chi connectivity index (χ2v) is 4.76. The molecule has 0 aliphatic rings. The van der Waals surface area contributed by atoms with E-state index in [-0.39, 0.29) is 0 Å². The number of hydrogen-bond donors (Lipinski definition) is 0. The van der Waals surface area contributed by atoms with Crippen LogP contribution in [0.1, 0.15) is 57.9 Å². The highest BCUT2D eigenvalue weighted by atomic mass is 14.1. The first-order chi connectivity index (χ1) is 7.86. The van der Waals surface area contributed by atoms with E-state index in [1.165, 1.54) is 50.5 Å². The summed E-state index contributed by atoms with van der Waals surface area (Å²) < 4.78 is 0. The van der Waals surface area contributed by atoms with Gasteiger partial charge in [0.15, 0.2) is 0 Å². The van der Waals surface area contributed by atoms with Crippen molar-refractivity contribution in [2.45, 2.75) is 58.8 Å². The van der Waals surface area contributed by atoms with Crippen LogP contribution in [0.3, 0.4) is 0 Å². The van der Waals surface area contributed by atoms with E-state index in [0.29, 0.717) is 0 Å². The first kappa shape index (κ1) is 13.3. The molecule has 0 nitrogen and oxygen atoms in total. The van der Waals surface area contributed by atoms with Crippen molar-refractivity contribution in [3.63, 3.8) is 0 Å². The second-order valence-electron chi connectivity index (χ2n) is 4.76. The maximum Gasteiger partial charge on any atom is -0.0184 e. The van der Waals surface area contributed by atoms with Crippen molar-refractivity contribution >= 4 is 0 Å². The summed E-state index contributed by atoms with van der Waals surface area (Å²) in [6, 6.07) is 11.6. The number of benzene rings is 1. The Bertz CT molecular complexity index is 242. The van der Waals surface area contributed by atoms with Crippen molar-refractivity contribution in [2.24, 2.45) is 5.92 Å². The highest BCUT2D eigenvalue weighted by Gasteiger charge is 2.08. The van der Waals surface area contributed by atoms with Gasteiger partial charge < -0.3 is 0 Å². The molecule has 0 atom stereocenters. The van der Waals surface area contributed by atoms with E-state index in [0.717, 1.165) is 5.92 Å². The van der Waals surface area contributed by atoms with Crippen molar-refractivity contribution < 1.29 is 0 Å². The lowest BCUT2D eigenvalue weighted by molar-refractivity contribution is 0.417. The molecule has 0 saturated heterocycles. The number of hydrogen-bond acceptors (Lipinski definition) is 0. The third-order valence-electron chi connectivity index (χ3n) is 3.24. The fourth-order valence-electron chi connectivity index (χ4n) is 2.22. The van der Waals surface area contributed by atoms with Gasteiger partial charge in [0.1, 0.15) is 0 Å². The van der Waals surface area contributed by atoms with Crippen molar-refractivity contribution in [2.75, 3.05) is 0 Å². The maximum atomic E-state index is 3.09. The standard InChI is InChI=1S/C16H25/c1-3-5-10-15(11-6-4-2)14-16-12-8-7-9-13-16/h8-9,12-13,15H,3-6,10-11,14H2,1-2H3. The van der Waals surface area contributed by atoms with Gasteiger partial charge in [-0.1, -0.05) is 76.6 Å². The summed E-state index contributed by atoms with van der Waals surface area (Å²) in [6.45, 7) is 4.57. The summed E-state index contributed by atoms with van der Waals surface area (Å²) in [5.74, 6) is 0.891. The SMILES string of the molecule is CCCCC(CCCC)Cc1cc[c]cc1. The largest absolute Gasteiger partial charge is 0.0654 e. The van der Waals surface area contributed by atoms with Gasteiger partial charge in [-0.2, -0.15) is 0 Å². The lowest BCUT2D eigenvalue weighted by Gasteiger charge is -2.16. The summed E-state index contributed by atoms with van der Waals surface area (Å²) in [7, 11) is 0. The molecule has 1 radical (unpaired) electrons. The van der Waals surface area contributed by atoms with Crippen molar-refractivity contribution in [3.05, 3.63) is 35.9 Å². The van der Waals surface area contributed by atoms with Gasteiger partial charge in [0.2, 0.25) is 0 Å². The molecule has 0 N–H and O–H groups in total. The Labute approximate surface area is 101 Å². The molecular formula is C16H25. The van der Waals surface area contributed by atoms with Gasteiger partial charge in [0, 0.05) is 0 Å². The van der Waals surface area contributed by atoms with Gasteiger partial charge in [0.05, 0.1) is 0 Å². The summed E-state index contributed by atoms with van der Waals surface area (Å²) in [5, 5.41) is 0. The molecule has 0 amide bonds. The van der Waals surface area contributed by atoms with Crippen LogP contribution >= 0.6 is 0 Å². The normalized spacial score (nSPS) is 10.9. The van der Waals surface area contributed by atoms with Crippen LogP contribution in [0.5, 0.6) is 0 Å². The van der Waals surface area contributed by atoms with Crippen molar-refractivity contribution in [1.82, 2.24) is 0 Å². The van der Waals surface area contributed by atoms with Crippen molar-refractivity contribution in [3.8, 4) is 0 Å². The molecule has 0 bridgehead atoms. The molecule has 0 spiro atoms. The Kier molecular flexibility index (Phi) is 6.96. The van der Waals surface area contributed by atoms with Crippen LogP contribution in [0.15, 0.2) is 24.3 Å². The Hall–Kier alpha value is -0.780. The molecule has 16 heavy (non-hydrogen) atoms. The lowest BCUT2D eigenvalue weighted by atomic mass is 9.90. The quantitative estimate of drug-likeness (QED) is 0.573. The molecule has 0 fully saturated rings. The summed E-state index contributed by atoms with van der Waals surface area (Å²) in [4.78, 5) is 0. The van der Waals surface area contributed by atoms with Crippen LogP contribution in [-0.2, 0) is 6.42 Å². The zero-order valence-electron chi connectivity index (χ0n) is 10.8. The van der Waals surface area contributed by atoms with Crippen LogP contribution in [0.2, 0.25) is 0 Å². The molecule has 0 heteroatoms. The molecule has 89 valence electrons. The van der Waals surface area contributed by atoms with E-state index in [9.17, 15) is 0 Å². The topological polar surface area (TPSA) is 0 Å². The first-order valence-corrected chi connectivity index (χ1v) is 6.81. The minimum atomic E-state index is 0.891.